The maximum atomic E-state index is 11.4. The Labute approximate surface area is 117 Å². The van der Waals surface area contributed by atoms with Gasteiger partial charge in [0.1, 0.15) is 0 Å². The van der Waals surface area contributed by atoms with Crippen molar-refractivity contribution in [3.05, 3.63) is 39.9 Å². The lowest BCUT2D eigenvalue weighted by Crippen LogP contribution is -2.33. The molecule has 0 aliphatic carbocycles. The van der Waals surface area contributed by atoms with Crippen molar-refractivity contribution in [2.75, 3.05) is 13.1 Å². The number of nitrogens with zero attached hydrogens (tertiary/aromatic N) is 1. The van der Waals surface area contributed by atoms with Gasteiger partial charge in [0.05, 0.1) is 4.92 Å². The second-order valence-electron chi connectivity index (χ2n) is 5.02. The normalized spacial score (nSPS) is 19.2. The largest absolute Gasteiger partial charge is 0.356 e. The predicted octanol–water partition coefficient (Wildman–Crippen LogP) is 1.40. The van der Waals surface area contributed by atoms with Crippen LogP contribution in [-0.2, 0) is 11.2 Å². The molecule has 0 spiro atoms. The Hall–Kier alpha value is -1.95. The fraction of sp³-hybridized carbons (Fsp3) is 0.500. The summed E-state index contributed by atoms with van der Waals surface area (Å²) in [5, 5.41) is 16.8. The summed E-state index contributed by atoms with van der Waals surface area (Å²) in [4.78, 5) is 21.6. The standard InChI is InChI=1S/C14H19N3O3/c18-14-10-12(2-1-8-16-14)15-9-7-11-3-5-13(6-4-11)17(19)20/h3-6,12,15H,1-2,7-10H2,(H,16,18). The molecule has 1 aliphatic rings. The first kappa shape index (κ1) is 14.5. The van der Waals surface area contributed by atoms with Crippen LogP contribution in [-0.4, -0.2) is 30.0 Å². The van der Waals surface area contributed by atoms with Crippen LogP contribution in [0, 0.1) is 10.1 Å². The maximum absolute atomic E-state index is 11.4. The van der Waals surface area contributed by atoms with E-state index in [-0.39, 0.29) is 17.6 Å². The van der Waals surface area contributed by atoms with E-state index in [4.69, 9.17) is 0 Å². The van der Waals surface area contributed by atoms with Gasteiger partial charge in [-0.05, 0) is 31.4 Å². The third-order valence-corrected chi connectivity index (χ3v) is 3.48. The average molecular weight is 277 g/mol. The number of hydrogen-bond donors (Lipinski definition) is 2. The molecule has 2 N–H and O–H groups in total. The van der Waals surface area contributed by atoms with Crippen molar-refractivity contribution < 1.29 is 9.72 Å². The molecule has 0 bridgehead atoms. The summed E-state index contributed by atoms with van der Waals surface area (Å²) in [5.74, 6) is 0.107. The van der Waals surface area contributed by atoms with Gasteiger partial charge in [-0.1, -0.05) is 12.1 Å². The second-order valence-corrected chi connectivity index (χ2v) is 5.02. The summed E-state index contributed by atoms with van der Waals surface area (Å²) in [6, 6.07) is 6.83. The number of amides is 1. The Morgan fingerprint density at radius 1 is 1.35 bits per heavy atom. The van der Waals surface area contributed by atoms with E-state index in [1.165, 1.54) is 12.1 Å². The molecule has 20 heavy (non-hydrogen) atoms. The van der Waals surface area contributed by atoms with Crippen molar-refractivity contribution >= 4 is 11.6 Å². The molecule has 6 nitrogen and oxygen atoms in total. The molecule has 0 aromatic heterocycles. The highest BCUT2D eigenvalue weighted by molar-refractivity contribution is 5.76. The molecule has 1 atom stereocenters. The molecular weight excluding hydrogens is 258 g/mol. The van der Waals surface area contributed by atoms with Crippen LogP contribution < -0.4 is 10.6 Å². The van der Waals surface area contributed by atoms with Crippen LogP contribution in [0.3, 0.4) is 0 Å². The van der Waals surface area contributed by atoms with Gasteiger partial charge in [0.2, 0.25) is 5.91 Å². The van der Waals surface area contributed by atoms with E-state index in [2.05, 4.69) is 10.6 Å². The van der Waals surface area contributed by atoms with E-state index in [1.807, 2.05) is 0 Å². The zero-order valence-corrected chi connectivity index (χ0v) is 11.3. The average Bonchev–Trinajstić information content (AvgIpc) is 2.64. The minimum absolute atomic E-state index is 0.107. The Morgan fingerprint density at radius 2 is 2.10 bits per heavy atom. The summed E-state index contributed by atoms with van der Waals surface area (Å²) in [5.41, 5.74) is 1.17. The zero-order valence-electron chi connectivity index (χ0n) is 11.3. The first-order valence-corrected chi connectivity index (χ1v) is 6.88. The molecule has 108 valence electrons. The van der Waals surface area contributed by atoms with Gasteiger partial charge < -0.3 is 10.6 Å². The molecule has 1 heterocycles. The van der Waals surface area contributed by atoms with Crippen LogP contribution in [0.5, 0.6) is 0 Å². The number of nitro benzene ring substituents is 1. The van der Waals surface area contributed by atoms with Crippen molar-refractivity contribution in [1.29, 1.82) is 0 Å². The van der Waals surface area contributed by atoms with Gasteiger partial charge in [0.25, 0.3) is 5.69 Å². The number of carbonyl (C=O) groups excluding carboxylic acids is 1. The number of benzene rings is 1. The van der Waals surface area contributed by atoms with E-state index < -0.39 is 4.92 Å². The van der Waals surface area contributed by atoms with Gasteiger partial charge >= 0.3 is 0 Å². The smallest absolute Gasteiger partial charge is 0.269 e. The third-order valence-electron chi connectivity index (χ3n) is 3.48. The topological polar surface area (TPSA) is 84.3 Å². The third kappa shape index (κ3) is 4.31. The summed E-state index contributed by atoms with van der Waals surface area (Å²) in [6.07, 6.45) is 3.33. The predicted molar refractivity (Wildman–Crippen MR) is 75.5 cm³/mol. The maximum Gasteiger partial charge on any atom is 0.269 e. The highest BCUT2D eigenvalue weighted by Crippen LogP contribution is 2.12. The Balaban J connectivity index is 1.77. The van der Waals surface area contributed by atoms with Gasteiger partial charge in [-0.2, -0.15) is 0 Å². The fourth-order valence-corrected chi connectivity index (χ4v) is 2.35. The molecule has 1 saturated heterocycles. The lowest BCUT2D eigenvalue weighted by atomic mass is 10.1. The minimum Gasteiger partial charge on any atom is -0.356 e. The molecule has 1 aromatic carbocycles. The van der Waals surface area contributed by atoms with E-state index in [9.17, 15) is 14.9 Å². The summed E-state index contributed by atoms with van der Waals surface area (Å²) in [6.45, 7) is 1.54. The van der Waals surface area contributed by atoms with Crippen LogP contribution in [0.15, 0.2) is 24.3 Å². The lowest BCUT2D eigenvalue weighted by molar-refractivity contribution is -0.384. The molecule has 2 rings (SSSR count). The van der Waals surface area contributed by atoms with Gasteiger partial charge in [0, 0.05) is 31.1 Å². The second kappa shape index (κ2) is 7.00. The van der Waals surface area contributed by atoms with Crippen molar-refractivity contribution in [1.82, 2.24) is 10.6 Å². The van der Waals surface area contributed by atoms with Crippen molar-refractivity contribution in [3.63, 3.8) is 0 Å². The summed E-state index contributed by atoms with van der Waals surface area (Å²) in [7, 11) is 0. The van der Waals surface area contributed by atoms with Crippen LogP contribution in [0.1, 0.15) is 24.8 Å². The number of rotatable bonds is 5. The Kier molecular flexibility index (Phi) is 5.06. The molecule has 6 heteroatoms. The molecule has 1 aliphatic heterocycles. The first-order chi connectivity index (χ1) is 9.65. The molecule has 0 radical (unpaired) electrons. The first-order valence-electron chi connectivity index (χ1n) is 6.88. The van der Waals surface area contributed by atoms with Crippen LogP contribution in [0.2, 0.25) is 0 Å². The Bertz CT molecular complexity index is 473. The Morgan fingerprint density at radius 3 is 2.80 bits per heavy atom. The van der Waals surface area contributed by atoms with E-state index >= 15 is 0 Å². The summed E-state index contributed by atoms with van der Waals surface area (Å²) >= 11 is 0. The summed E-state index contributed by atoms with van der Waals surface area (Å²) < 4.78 is 0. The lowest BCUT2D eigenvalue weighted by Gasteiger charge is -2.14. The monoisotopic (exact) mass is 277 g/mol. The minimum atomic E-state index is -0.397. The van der Waals surface area contributed by atoms with Gasteiger partial charge in [0.15, 0.2) is 0 Å². The SMILES string of the molecule is O=C1CC(NCCc2ccc([N+](=O)[O-])cc2)CCCN1. The molecule has 1 amide bonds. The molecule has 0 saturated carbocycles. The number of carbonyl (C=O) groups is 1. The van der Waals surface area contributed by atoms with Crippen molar-refractivity contribution in [2.24, 2.45) is 0 Å². The fourth-order valence-electron chi connectivity index (χ4n) is 2.35. The molecule has 1 aromatic rings. The number of nitrogens with one attached hydrogen (secondary N) is 2. The quantitative estimate of drug-likeness (QED) is 0.629. The molecule has 1 unspecified atom stereocenters. The molecule has 1 fully saturated rings. The van der Waals surface area contributed by atoms with Crippen molar-refractivity contribution in [3.8, 4) is 0 Å². The van der Waals surface area contributed by atoms with Crippen LogP contribution >= 0.6 is 0 Å². The van der Waals surface area contributed by atoms with Crippen LogP contribution in [0.4, 0.5) is 5.69 Å². The highest BCUT2D eigenvalue weighted by atomic mass is 16.6. The van der Waals surface area contributed by atoms with Crippen LogP contribution in [0.25, 0.3) is 0 Å². The number of hydrogen-bond acceptors (Lipinski definition) is 4. The van der Waals surface area contributed by atoms with E-state index in [0.29, 0.717) is 6.42 Å². The van der Waals surface area contributed by atoms with E-state index in [1.54, 1.807) is 12.1 Å². The van der Waals surface area contributed by atoms with Gasteiger partial charge in [-0.25, -0.2) is 0 Å². The number of nitro groups is 1. The zero-order chi connectivity index (χ0) is 14.4. The van der Waals surface area contributed by atoms with Crippen molar-refractivity contribution in [2.45, 2.75) is 31.7 Å². The van der Waals surface area contributed by atoms with E-state index in [0.717, 1.165) is 37.9 Å². The number of non-ortho nitro benzene ring substituents is 1. The molecular formula is C14H19N3O3. The van der Waals surface area contributed by atoms with Gasteiger partial charge in [-0.15, -0.1) is 0 Å². The van der Waals surface area contributed by atoms with Gasteiger partial charge in [-0.3, -0.25) is 14.9 Å². The highest BCUT2D eigenvalue weighted by Gasteiger charge is 2.16.